The van der Waals surface area contributed by atoms with Gasteiger partial charge < -0.3 is 5.32 Å². The van der Waals surface area contributed by atoms with Crippen molar-refractivity contribution < 1.29 is 0 Å². The first-order chi connectivity index (χ1) is 3.27. The van der Waals surface area contributed by atoms with Gasteiger partial charge in [0.15, 0.2) is 0 Å². The van der Waals surface area contributed by atoms with E-state index in [4.69, 9.17) is 0 Å². The minimum atomic E-state index is 0.743. The van der Waals surface area contributed by atoms with Crippen molar-refractivity contribution in [1.82, 2.24) is 5.32 Å². The molecule has 0 unspecified atom stereocenters. The minimum absolute atomic E-state index is 0.743. The largest absolute Gasteiger partial charge is 0.308 e. The van der Waals surface area contributed by atoms with Gasteiger partial charge in [0.2, 0.25) is 0 Å². The number of hydrogen-bond donors (Lipinski definition) is 2. The first kappa shape index (κ1) is 7.31. The zero-order valence-electron chi connectivity index (χ0n) is 4.94. The lowest BCUT2D eigenvalue weighted by Crippen LogP contribution is -2.17. The average molecular weight is 119 g/mol. The van der Waals surface area contributed by atoms with Crippen LogP contribution in [0.25, 0.3) is 0 Å². The van der Waals surface area contributed by atoms with Crippen LogP contribution in [-0.2, 0) is 0 Å². The fourth-order valence-corrected chi connectivity index (χ4v) is 0.482. The van der Waals surface area contributed by atoms with Gasteiger partial charge in [0.1, 0.15) is 0 Å². The second kappa shape index (κ2) is 4.47. The monoisotopic (exact) mass is 119 g/mol. The van der Waals surface area contributed by atoms with Gasteiger partial charge in [-0.1, -0.05) is 13.8 Å². The first-order valence-corrected chi connectivity index (χ1v) is 3.22. The van der Waals surface area contributed by atoms with Crippen molar-refractivity contribution in [3.8, 4) is 0 Å². The van der Waals surface area contributed by atoms with Crippen molar-refractivity contribution in [3.05, 3.63) is 0 Å². The van der Waals surface area contributed by atoms with Gasteiger partial charge >= 0.3 is 0 Å². The van der Waals surface area contributed by atoms with Crippen molar-refractivity contribution in [1.29, 1.82) is 0 Å². The van der Waals surface area contributed by atoms with Gasteiger partial charge in [-0.2, -0.15) is 12.6 Å². The predicted octanol–water partition coefficient (Wildman–Crippen LogP) is 1.12. The Labute approximate surface area is 50.9 Å². The average Bonchev–Trinajstić information content (AvgIpc) is 1.61. The molecule has 0 saturated carbocycles. The van der Waals surface area contributed by atoms with Gasteiger partial charge in [-0.25, -0.2) is 0 Å². The highest BCUT2D eigenvalue weighted by molar-refractivity contribution is 7.80. The number of hydrogen-bond acceptors (Lipinski definition) is 2. The maximum absolute atomic E-state index is 3.98. The van der Waals surface area contributed by atoms with E-state index in [9.17, 15) is 0 Å². The van der Waals surface area contributed by atoms with Crippen LogP contribution in [0.1, 0.15) is 13.8 Å². The first-order valence-electron chi connectivity index (χ1n) is 2.59. The van der Waals surface area contributed by atoms with Gasteiger partial charge in [-0.3, -0.25) is 0 Å². The molecule has 0 spiro atoms. The Kier molecular flexibility index (Phi) is 4.67. The molecule has 0 aliphatic heterocycles. The van der Waals surface area contributed by atoms with Crippen LogP contribution in [0.5, 0.6) is 0 Å². The second-order valence-electron chi connectivity index (χ2n) is 2.01. The minimum Gasteiger partial charge on any atom is -0.308 e. The number of rotatable bonds is 3. The molecule has 0 radical (unpaired) electrons. The normalized spacial score (nSPS) is 10.3. The lowest BCUT2D eigenvalue weighted by atomic mass is 10.2. The molecule has 0 amide bonds. The van der Waals surface area contributed by atoms with Crippen LogP contribution in [0.3, 0.4) is 0 Å². The van der Waals surface area contributed by atoms with E-state index in [-0.39, 0.29) is 0 Å². The van der Waals surface area contributed by atoms with Gasteiger partial charge in [-0.05, 0) is 12.5 Å². The van der Waals surface area contributed by atoms with Gasteiger partial charge in [0.05, 0.1) is 0 Å². The predicted molar refractivity (Wildman–Crippen MR) is 36.7 cm³/mol. The van der Waals surface area contributed by atoms with Crippen molar-refractivity contribution >= 4 is 12.6 Å². The van der Waals surface area contributed by atoms with E-state index in [2.05, 4.69) is 31.8 Å². The summed E-state index contributed by atoms with van der Waals surface area (Å²) < 4.78 is 0. The van der Waals surface area contributed by atoms with Gasteiger partial charge in [-0.15, -0.1) is 0 Å². The molecule has 7 heavy (non-hydrogen) atoms. The molecule has 0 aliphatic carbocycles. The van der Waals surface area contributed by atoms with Gasteiger partial charge in [0.25, 0.3) is 0 Å². The van der Waals surface area contributed by atoms with Crippen molar-refractivity contribution in [2.45, 2.75) is 13.8 Å². The highest BCUT2D eigenvalue weighted by atomic mass is 32.1. The third-order valence-corrected chi connectivity index (χ3v) is 0.888. The molecular weight excluding hydrogens is 106 g/mol. The van der Waals surface area contributed by atoms with Crippen LogP contribution in [-0.4, -0.2) is 12.4 Å². The van der Waals surface area contributed by atoms with E-state index in [0.29, 0.717) is 0 Å². The second-order valence-corrected chi connectivity index (χ2v) is 2.32. The topological polar surface area (TPSA) is 12.0 Å². The highest BCUT2D eigenvalue weighted by Crippen LogP contribution is 1.85. The van der Waals surface area contributed by atoms with E-state index in [1.807, 2.05) is 0 Å². The summed E-state index contributed by atoms with van der Waals surface area (Å²) in [5.41, 5.74) is 0. The van der Waals surface area contributed by atoms with Gasteiger partial charge in [0, 0.05) is 5.88 Å². The molecule has 0 aromatic rings. The molecule has 0 aliphatic rings. The fraction of sp³-hybridized carbons (Fsp3) is 1.00. The molecule has 0 aromatic heterocycles. The zero-order chi connectivity index (χ0) is 5.70. The van der Waals surface area contributed by atoms with Crippen molar-refractivity contribution in [2.24, 2.45) is 5.92 Å². The zero-order valence-corrected chi connectivity index (χ0v) is 5.83. The quantitative estimate of drug-likeness (QED) is 0.419. The third-order valence-electron chi connectivity index (χ3n) is 0.664. The van der Waals surface area contributed by atoms with E-state index >= 15 is 0 Å². The molecule has 2 heteroatoms. The molecule has 0 atom stereocenters. The Morgan fingerprint density at radius 1 is 1.57 bits per heavy atom. The summed E-state index contributed by atoms with van der Waals surface area (Å²) in [4.78, 5) is 0. The van der Waals surface area contributed by atoms with Crippen molar-refractivity contribution in [3.63, 3.8) is 0 Å². The Morgan fingerprint density at radius 2 is 2.14 bits per heavy atom. The summed E-state index contributed by atoms with van der Waals surface area (Å²) in [6.07, 6.45) is 0. The van der Waals surface area contributed by atoms with Crippen LogP contribution in [0, 0.1) is 5.92 Å². The van der Waals surface area contributed by atoms with Crippen LogP contribution >= 0.6 is 12.6 Å². The third kappa shape index (κ3) is 6.31. The molecule has 0 aromatic carbocycles. The summed E-state index contributed by atoms with van der Waals surface area (Å²) in [6.45, 7) is 5.43. The van der Waals surface area contributed by atoms with Crippen LogP contribution in [0.4, 0.5) is 0 Å². The molecule has 0 bridgehead atoms. The fourth-order valence-electron chi connectivity index (χ4n) is 0.353. The van der Waals surface area contributed by atoms with Crippen molar-refractivity contribution in [2.75, 3.05) is 12.4 Å². The lowest BCUT2D eigenvalue weighted by Gasteiger charge is -2.01. The van der Waals surface area contributed by atoms with Crippen LogP contribution < -0.4 is 5.32 Å². The smallest absolute Gasteiger partial charge is 0.0387 e. The lowest BCUT2D eigenvalue weighted by molar-refractivity contribution is 0.589. The van der Waals surface area contributed by atoms with E-state index < -0.39 is 0 Å². The summed E-state index contributed by atoms with van der Waals surface area (Å²) in [7, 11) is 0. The number of thiol groups is 1. The van der Waals surface area contributed by atoms with Crippen LogP contribution in [0.2, 0.25) is 0 Å². The summed E-state index contributed by atoms with van der Waals surface area (Å²) in [5.74, 6) is 1.53. The molecule has 1 N–H and O–H groups in total. The molecule has 0 fully saturated rings. The van der Waals surface area contributed by atoms with Crippen LogP contribution in [0.15, 0.2) is 0 Å². The summed E-state index contributed by atoms with van der Waals surface area (Å²) in [5, 5.41) is 3.11. The molecule has 0 saturated heterocycles. The maximum atomic E-state index is 3.98. The standard InChI is InChI=1S/C5H13NS/c1-5(2)3-6-4-7/h5-7H,3-4H2,1-2H3. The van der Waals surface area contributed by atoms with E-state index in [1.54, 1.807) is 0 Å². The molecule has 0 rings (SSSR count). The Bertz CT molecular complexity index is 37.1. The Balaban J connectivity index is 2.68. The molecule has 0 heterocycles. The molecule has 44 valence electrons. The highest BCUT2D eigenvalue weighted by Gasteiger charge is 1.87. The maximum Gasteiger partial charge on any atom is 0.0387 e. The molecule has 1 nitrogen and oxygen atoms in total. The van der Waals surface area contributed by atoms with E-state index in [1.165, 1.54) is 0 Å². The Morgan fingerprint density at radius 3 is 2.29 bits per heavy atom. The molecular formula is C5H13NS. The Hall–Kier alpha value is 0.310. The summed E-state index contributed by atoms with van der Waals surface area (Å²) >= 11 is 3.98. The van der Waals surface area contributed by atoms with E-state index in [0.717, 1.165) is 18.3 Å². The number of nitrogens with one attached hydrogen (secondary N) is 1. The SMILES string of the molecule is CC(C)CNCS. The summed E-state index contributed by atoms with van der Waals surface area (Å²) in [6, 6.07) is 0.